The molecule has 27 heavy (non-hydrogen) atoms. The van der Waals surface area contributed by atoms with Crippen LogP contribution in [0.3, 0.4) is 0 Å². The summed E-state index contributed by atoms with van der Waals surface area (Å²) in [7, 11) is 0. The molecule has 0 saturated carbocycles. The first-order valence-electron chi connectivity index (χ1n) is 8.95. The van der Waals surface area contributed by atoms with Crippen LogP contribution in [-0.2, 0) is 11.3 Å². The molecule has 0 spiro atoms. The van der Waals surface area contributed by atoms with Crippen LogP contribution in [0.15, 0.2) is 66.1 Å². The normalized spacial score (nSPS) is 17.9. The average molecular weight is 384 g/mol. The number of ether oxygens (including phenoxy) is 1. The van der Waals surface area contributed by atoms with Crippen LogP contribution >= 0.6 is 11.8 Å². The summed E-state index contributed by atoms with van der Waals surface area (Å²) in [5.41, 5.74) is 1.77. The van der Waals surface area contributed by atoms with Crippen LogP contribution in [0.1, 0.15) is 5.56 Å². The molecule has 1 aliphatic rings. The summed E-state index contributed by atoms with van der Waals surface area (Å²) in [4.78, 5) is 2.41. The minimum atomic E-state index is -0.290. The van der Waals surface area contributed by atoms with Crippen molar-refractivity contribution in [3.05, 3.63) is 72.3 Å². The van der Waals surface area contributed by atoms with Gasteiger partial charge in [-0.3, -0.25) is 9.47 Å². The maximum atomic E-state index is 14.1. The molecule has 1 aromatic heterocycles. The summed E-state index contributed by atoms with van der Waals surface area (Å²) in [5, 5.41) is 8.76. The highest BCUT2D eigenvalue weighted by Gasteiger charge is 2.22. The van der Waals surface area contributed by atoms with E-state index in [4.69, 9.17) is 4.74 Å². The lowest BCUT2D eigenvalue weighted by molar-refractivity contribution is -0.0187. The van der Waals surface area contributed by atoms with Crippen molar-refractivity contribution in [2.24, 2.45) is 0 Å². The smallest absolute Gasteiger partial charge is 0.195 e. The van der Waals surface area contributed by atoms with E-state index in [1.54, 1.807) is 40.9 Å². The van der Waals surface area contributed by atoms with E-state index in [2.05, 4.69) is 39.4 Å². The second-order valence-corrected chi connectivity index (χ2v) is 7.45. The topological polar surface area (TPSA) is 43.2 Å². The SMILES string of the molecule is Fc1ccccc1-n1cnnc1SC[C@@H]1CN(Cc2ccccc2)CCO1. The Balaban J connectivity index is 1.37. The molecule has 3 aromatic rings. The average Bonchev–Trinajstić information content (AvgIpc) is 3.16. The molecule has 0 bridgehead atoms. The molecule has 2 heterocycles. The molecule has 0 radical (unpaired) electrons. The molecule has 1 fully saturated rings. The molecule has 1 atom stereocenters. The number of para-hydroxylation sites is 1. The lowest BCUT2D eigenvalue weighted by Crippen LogP contribution is -2.43. The quantitative estimate of drug-likeness (QED) is 0.610. The van der Waals surface area contributed by atoms with Crippen molar-refractivity contribution in [3.8, 4) is 5.69 Å². The fraction of sp³-hybridized carbons (Fsp3) is 0.300. The maximum absolute atomic E-state index is 14.1. The number of halogens is 1. The second-order valence-electron chi connectivity index (χ2n) is 6.46. The highest BCUT2D eigenvalue weighted by atomic mass is 32.2. The highest BCUT2D eigenvalue weighted by Crippen LogP contribution is 2.23. The van der Waals surface area contributed by atoms with Crippen molar-refractivity contribution in [3.63, 3.8) is 0 Å². The molecule has 1 saturated heterocycles. The molecule has 0 unspecified atom stereocenters. The zero-order valence-corrected chi connectivity index (χ0v) is 15.7. The third-order valence-electron chi connectivity index (χ3n) is 4.50. The van der Waals surface area contributed by atoms with Gasteiger partial charge in [-0.25, -0.2) is 4.39 Å². The van der Waals surface area contributed by atoms with Gasteiger partial charge in [-0.15, -0.1) is 10.2 Å². The van der Waals surface area contributed by atoms with Crippen LogP contribution in [0.2, 0.25) is 0 Å². The summed E-state index contributed by atoms with van der Waals surface area (Å²) in [6, 6.07) is 17.1. The number of morpholine rings is 1. The first-order chi connectivity index (χ1) is 13.3. The first kappa shape index (κ1) is 18.2. The van der Waals surface area contributed by atoms with Gasteiger partial charge < -0.3 is 4.74 Å². The fourth-order valence-corrected chi connectivity index (χ4v) is 4.10. The van der Waals surface area contributed by atoms with Gasteiger partial charge in [-0.1, -0.05) is 54.2 Å². The van der Waals surface area contributed by atoms with Gasteiger partial charge in [-0.05, 0) is 17.7 Å². The summed E-state index contributed by atoms with van der Waals surface area (Å²) in [6.45, 7) is 3.45. The Morgan fingerprint density at radius 2 is 1.93 bits per heavy atom. The Morgan fingerprint density at radius 1 is 1.11 bits per heavy atom. The van der Waals surface area contributed by atoms with Crippen LogP contribution < -0.4 is 0 Å². The lowest BCUT2D eigenvalue weighted by Gasteiger charge is -2.32. The van der Waals surface area contributed by atoms with Crippen LogP contribution in [-0.4, -0.2) is 51.2 Å². The maximum Gasteiger partial charge on any atom is 0.195 e. The van der Waals surface area contributed by atoms with Crippen molar-refractivity contribution >= 4 is 11.8 Å². The van der Waals surface area contributed by atoms with Crippen LogP contribution in [0.5, 0.6) is 0 Å². The molecular formula is C20H21FN4OS. The molecule has 140 valence electrons. The van der Waals surface area contributed by atoms with Gasteiger partial charge in [0.05, 0.1) is 18.4 Å². The Kier molecular flexibility index (Phi) is 5.81. The molecular weight excluding hydrogens is 363 g/mol. The van der Waals surface area contributed by atoms with E-state index in [0.717, 1.165) is 32.0 Å². The van der Waals surface area contributed by atoms with Gasteiger partial charge in [0, 0.05) is 25.4 Å². The largest absolute Gasteiger partial charge is 0.375 e. The Morgan fingerprint density at radius 3 is 2.78 bits per heavy atom. The highest BCUT2D eigenvalue weighted by molar-refractivity contribution is 7.99. The lowest BCUT2D eigenvalue weighted by atomic mass is 10.2. The van der Waals surface area contributed by atoms with Gasteiger partial charge in [-0.2, -0.15) is 0 Å². The molecule has 0 amide bonds. The van der Waals surface area contributed by atoms with E-state index in [0.29, 0.717) is 10.8 Å². The standard InChI is InChI=1S/C20H21FN4OS/c21-18-8-4-5-9-19(18)25-15-22-23-20(25)27-14-17-13-24(10-11-26-17)12-16-6-2-1-3-7-16/h1-9,15,17H,10-14H2/t17-/m0/s1. The van der Waals surface area contributed by atoms with Gasteiger partial charge in [0.1, 0.15) is 12.1 Å². The van der Waals surface area contributed by atoms with E-state index in [1.807, 2.05) is 6.07 Å². The van der Waals surface area contributed by atoms with Gasteiger partial charge in [0.15, 0.2) is 5.16 Å². The minimum Gasteiger partial charge on any atom is -0.375 e. The van der Waals surface area contributed by atoms with Crippen molar-refractivity contribution in [2.45, 2.75) is 17.8 Å². The number of rotatable bonds is 6. The number of hydrogen-bond acceptors (Lipinski definition) is 5. The summed E-state index contributed by atoms with van der Waals surface area (Å²) < 4.78 is 21.7. The van der Waals surface area contributed by atoms with E-state index >= 15 is 0 Å². The predicted molar refractivity (Wildman–Crippen MR) is 104 cm³/mol. The van der Waals surface area contributed by atoms with Crippen LogP contribution in [0, 0.1) is 5.82 Å². The van der Waals surface area contributed by atoms with Gasteiger partial charge >= 0.3 is 0 Å². The number of hydrogen-bond donors (Lipinski definition) is 0. The van der Waals surface area contributed by atoms with Crippen LogP contribution in [0.4, 0.5) is 4.39 Å². The zero-order valence-electron chi connectivity index (χ0n) is 14.9. The summed E-state index contributed by atoms with van der Waals surface area (Å²) in [5.74, 6) is 0.459. The Labute approximate surface area is 162 Å². The van der Waals surface area contributed by atoms with E-state index in [-0.39, 0.29) is 11.9 Å². The summed E-state index contributed by atoms with van der Waals surface area (Å²) in [6.07, 6.45) is 1.66. The van der Waals surface area contributed by atoms with Crippen LogP contribution in [0.25, 0.3) is 5.69 Å². The first-order valence-corrected chi connectivity index (χ1v) is 9.94. The van der Waals surface area contributed by atoms with E-state index in [9.17, 15) is 4.39 Å². The number of benzene rings is 2. The van der Waals surface area contributed by atoms with Crippen molar-refractivity contribution in [1.82, 2.24) is 19.7 Å². The van der Waals surface area contributed by atoms with Crippen molar-refractivity contribution in [2.75, 3.05) is 25.4 Å². The van der Waals surface area contributed by atoms with Crippen molar-refractivity contribution in [1.29, 1.82) is 0 Å². The molecule has 4 rings (SSSR count). The molecule has 0 aliphatic carbocycles. The second kappa shape index (κ2) is 8.65. The van der Waals surface area contributed by atoms with Gasteiger partial charge in [0.2, 0.25) is 0 Å². The van der Waals surface area contributed by atoms with E-state index < -0.39 is 0 Å². The Bertz CT molecular complexity index is 873. The third-order valence-corrected chi connectivity index (χ3v) is 5.57. The molecule has 1 aliphatic heterocycles. The molecule has 7 heteroatoms. The fourth-order valence-electron chi connectivity index (χ4n) is 3.17. The zero-order chi connectivity index (χ0) is 18.5. The molecule has 2 aromatic carbocycles. The van der Waals surface area contributed by atoms with Gasteiger partial charge in [0.25, 0.3) is 0 Å². The third kappa shape index (κ3) is 4.55. The number of aromatic nitrogens is 3. The number of nitrogens with zero attached hydrogens (tertiary/aromatic N) is 4. The predicted octanol–water partition coefficient (Wildman–Crippen LogP) is 3.40. The monoisotopic (exact) mass is 384 g/mol. The Hall–Kier alpha value is -2.22. The summed E-state index contributed by atoms with van der Waals surface area (Å²) >= 11 is 1.54. The van der Waals surface area contributed by atoms with E-state index in [1.165, 1.54) is 11.6 Å². The minimum absolute atomic E-state index is 0.109. The molecule has 0 N–H and O–H groups in total. The molecule has 5 nitrogen and oxygen atoms in total. The number of thioether (sulfide) groups is 1. The van der Waals surface area contributed by atoms with Crippen molar-refractivity contribution < 1.29 is 9.13 Å².